The molecule has 0 aliphatic carbocycles. The van der Waals surface area contributed by atoms with Crippen LogP contribution < -0.4 is 5.73 Å². The van der Waals surface area contributed by atoms with Crippen LogP contribution in [-0.2, 0) is 11.2 Å². The Labute approximate surface area is 125 Å². The van der Waals surface area contributed by atoms with Crippen LogP contribution in [0.3, 0.4) is 0 Å². The van der Waals surface area contributed by atoms with Gasteiger partial charge >= 0.3 is 0 Å². The highest BCUT2D eigenvalue weighted by Crippen LogP contribution is 2.26. The van der Waals surface area contributed by atoms with Gasteiger partial charge in [0.2, 0.25) is 0 Å². The summed E-state index contributed by atoms with van der Waals surface area (Å²) in [4.78, 5) is 1.24. The van der Waals surface area contributed by atoms with Gasteiger partial charge in [-0.3, -0.25) is 0 Å². The molecule has 0 radical (unpaired) electrons. The lowest BCUT2D eigenvalue weighted by atomic mass is 10.1. The summed E-state index contributed by atoms with van der Waals surface area (Å²) < 4.78 is 6.05. The fourth-order valence-electron chi connectivity index (χ4n) is 2.22. The lowest BCUT2D eigenvalue weighted by molar-refractivity contribution is 0.0346. The summed E-state index contributed by atoms with van der Waals surface area (Å²) in [5.41, 5.74) is 7.55. The summed E-state index contributed by atoms with van der Waals surface area (Å²) in [6, 6.07) is 14.8. The Hall–Kier alpha value is -1.16. The Kier molecular flexibility index (Phi) is 6.25. The summed E-state index contributed by atoms with van der Waals surface area (Å²) in [5.74, 6) is 0. The van der Waals surface area contributed by atoms with Crippen molar-refractivity contribution >= 4 is 11.3 Å². The molecule has 3 heteroatoms. The van der Waals surface area contributed by atoms with E-state index in [4.69, 9.17) is 10.5 Å². The van der Waals surface area contributed by atoms with E-state index in [1.807, 2.05) is 6.07 Å². The van der Waals surface area contributed by atoms with Gasteiger partial charge in [-0.25, -0.2) is 0 Å². The zero-order valence-corrected chi connectivity index (χ0v) is 12.8. The van der Waals surface area contributed by atoms with Gasteiger partial charge in [0.15, 0.2) is 0 Å². The quantitative estimate of drug-likeness (QED) is 0.740. The second kappa shape index (κ2) is 8.20. The fourth-order valence-corrected chi connectivity index (χ4v) is 3.06. The molecule has 2 N–H and O–H groups in total. The van der Waals surface area contributed by atoms with E-state index in [1.165, 1.54) is 10.4 Å². The van der Waals surface area contributed by atoms with E-state index in [0.717, 1.165) is 25.9 Å². The third-order valence-electron chi connectivity index (χ3n) is 3.43. The fraction of sp³-hybridized carbons (Fsp3) is 0.412. The van der Waals surface area contributed by atoms with E-state index in [1.54, 1.807) is 11.3 Å². The van der Waals surface area contributed by atoms with Crippen molar-refractivity contribution in [3.63, 3.8) is 0 Å². The van der Waals surface area contributed by atoms with Crippen molar-refractivity contribution in [2.24, 2.45) is 5.73 Å². The van der Waals surface area contributed by atoms with E-state index in [0.29, 0.717) is 0 Å². The van der Waals surface area contributed by atoms with Crippen LogP contribution in [0.5, 0.6) is 0 Å². The topological polar surface area (TPSA) is 35.2 Å². The molecule has 2 rings (SSSR count). The molecular weight excluding hydrogens is 266 g/mol. The predicted molar refractivity (Wildman–Crippen MR) is 86.0 cm³/mol. The summed E-state index contributed by atoms with van der Waals surface area (Å²) in [7, 11) is 0. The largest absolute Gasteiger partial charge is 0.371 e. The first kappa shape index (κ1) is 15.2. The molecule has 0 aliphatic rings. The van der Waals surface area contributed by atoms with Gasteiger partial charge in [0.1, 0.15) is 6.10 Å². The molecule has 1 heterocycles. The molecule has 2 unspecified atom stereocenters. The molecule has 0 saturated heterocycles. The molecule has 20 heavy (non-hydrogen) atoms. The van der Waals surface area contributed by atoms with Crippen LogP contribution in [0.2, 0.25) is 0 Å². The second-order valence-corrected chi connectivity index (χ2v) is 5.95. The zero-order valence-electron chi connectivity index (χ0n) is 12.0. The summed E-state index contributed by atoms with van der Waals surface area (Å²) >= 11 is 1.72. The van der Waals surface area contributed by atoms with Gasteiger partial charge in [-0.15, -0.1) is 11.3 Å². The lowest BCUT2D eigenvalue weighted by Gasteiger charge is -2.22. The maximum absolute atomic E-state index is 6.18. The third-order valence-corrected chi connectivity index (χ3v) is 4.37. The molecule has 1 aromatic heterocycles. The molecule has 0 saturated carbocycles. The molecule has 0 amide bonds. The molecule has 2 atom stereocenters. The third kappa shape index (κ3) is 4.44. The first-order valence-electron chi connectivity index (χ1n) is 7.25. The first-order valence-corrected chi connectivity index (χ1v) is 8.13. The van der Waals surface area contributed by atoms with Gasteiger partial charge in [0.25, 0.3) is 0 Å². The van der Waals surface area contributed by atoms with Crippen molar-refractivity contribution < 1.29 is 4.74 Å². The minimum absolute atomic E-state index is 0.0378. The highest BCUT2D eigenvalue weighted by atomic mass is 32.1. The number of ether oxygens (including phenoxy) is 1. The van der Waals surface area contributed by atoms with Crippen LogP contribution in [0.4, 0.5) is 0 Å². The molecule has 108 valence electrons. The van der Waals surface area contributed by atoms with Gasteiger partial charge in [-0.05, 0) is 36.3 Å². The first-order chi connectivity index (χ1) is 9.81. The number of hydrogen-bond acceptors (Lipinski definition) is 3. The number of thiophene rings is 1. The molecular formula is C17H23NOS. The Morgan fingerprint density at radius 1 is 1.15 bits per heavy atom. The van der Waals surface area contributed by atoms with E-state index < -0.39 is 0 Å². The van der Waals surface area contributed by atoms with Crippen molar-refractivity contribution in [1.29, 1.82) is 0 Å². The molecule has 0 fully saturated rings. The summed E-state index contributed by atoms with van der Waals surface area (Å²) in [5, 5.41) is 2.08. The molecule has 0 bridgehead atoms. The number of aryl methyl sites for hydroxylation is 1. The van der Waals surface area contributed by atoms with Crippen LogP contribution in [0.25, 0.3) is 0 Å². The van der Waals surface area contributed by atoms with Crippen LogP contribution in [-0.4, -0.2) is 12.6 Å². The average Bonchev–Trinajstić information content (AvgIpc) is 3.01. The highest BCUT2D eigenvalue weighted by Gasteiger charge is 2.19. The molecule has 0 aliphatic heterocycles. The standard InChI is InChI=1S/C17H23NOS/c1-2-15(18)17(16-11-7-13-20-16)19-12-6-10-14-8-4-3-5-9-14/h3-5,7-9,11,13,15,17H,2,6,10,12,18H2,1H3. The second-order valence-electron chi connectivity index (χ2n) is 4.97. The minimum atomic E-state index is 0.0378. The van der Waals surface area contributed by atoms with Crippen LogP contribution in [0.1, 0.15) is 36.3 Å². The van der Waals surface area contributed by atoms with Crippen molar-refractivity contribution in [2.75, 3.05) is 6.61 Å². The van der Waals surface area contributed by atoms with Gasteiger partial charge in [0.05, 0.1) is 0 Å². The van der Waals surface area contributed by atoms with Crippen molar-refractivity contribution in [3.8, 4) is 0 Å². The number of hydrogen-bond donors (Lipinski definition) is 1. The molecule has 2 nitrogen and oxygen atoms in total. The van der Waals surface area contributed by atoms with E-state index in [2.05, 4.69) is 48.7 Å². The monoisotopic (exact) mass is 289 g/mol. The number of benzene rings is 1. The van der Waals surface area contributed by atoms with Gasteiger partial charge in [-0.1, -0.05) is 43.3 Å². The summed E-state index contributed by atoms with van der Waals surface area (Å²) in [6.07, 6.45) is 3.05. The van der Waals surface area contributed by atoms with E-state index in [9.17, 15) is 0 Å². The lowest BCUT2D eigenvalue weighted by Crippen LogP contribution is -2.29. The normalized spacial score (nSPS) is 14.1. The van der Waals surface area contributed by atoms with Gasteiger partial charge in [-0.2, -0.15) is 0 Å². The number of rotatable bonds is 8. The van der Waals surface area contributed by atoms with E-state index >= 15 is 0 Å². The van der Waals surface area contributed by atoms with Gasteiger partial charge in [0, 0.05) is 17.5 Å². The van der Waals surface area contributed by atoms with Crippen LogP contribution in [0.15, 0.2) is 47.8 Å². The molecule has 0 spiro atoms. The predicted octanol–water partition coefficient (Wildman–Crippen LogP) is 4.18. The maximum atomic E-state index is 6.18. The Bertz CT molecular complexity index is 469. The average molecular weight is 289 g/mol. The highest BCUT2D eigenvalue weighted by molar-refractivity contribution is 7.10. The van der Waals surface area contributed by atoms with Crippen molar-refractivity contribution in [2.45, 2.75) is 38.3 Å². The summed E-state index contributed by atoms with van der Waals surface area (Å²) in [6.45, 7) is 2.86. The van der Waals surface area contributed by atoms with Crippen LogP contribution in [0, 0.1) is 0 Å². The molecule has 2 aromatic rings. The molecule has 1 aromatic carbocycles. The number of nitrogens with two attached hydrogens (primary N) is 1. The Morgan fingerprint density at radius 2 is 1.95 bits per heavy atom. The van der Waals surface area contributed by atoms with E-state index in [-0.39, 0.29) is 12.1 Å². The maximum Gasteiger partial charge on any atom is 0.107 e. The Morgan fingerprint density at radius 3 is 2.60 bits per heavy atom. The smallest absolute Gasteiger partial charge is 0.107 e. The zero-order chi connectivity index (χ0) is 14.2. The Balaban J connectivity index is 1.81. The SMILES string of the molecule is CCC(N)C(OCCCc1ccccc1)c1cccs1. The minimum Gasteiger partial charge on any atom is -0.371 e. The van der Waals surface area contributed by atoms with Gasteiger partial charge < -0.3 is 10.5 Å². The van der Waals surface area contributed by atoms with Crippen molar-refractivity contribution in [3.05, 3.63) is 58.3 Å². The van der Waals surface area contributed by atoms with Crippen molar-refractivity contribution in [1.82, 2.24) is 0 Å². The van der Waals surface area contributed by atoms with Crippen LogP contribution >= 0.6 is 11.3 Å².